The van der Waals surface area contributed by atoms with Crippen molar-refractivity contribution >= 4 is 5.82 Å². The van der Waals surface area contributed by atoms with Crippen molar-refractivity contribution < 1.29 is 5.11 Å². The van der Waals surface area contributed by atoms with E-state index >= 15 is 0 Å². The average molecular weight is 263 g/mol. The van der Waals surface area contributed by atoms with Crippen LogP contribution in [0.5, 0.6) is 0 Å². The van der Waals surface area contributed by atoms with E-state index in [-0.39, 0.29) is 17.6 Å². The highest BCUT2D eigenvalue weighted by Gasteiger charge is 2.33. The molecule has 2 saturated carbocycles. The lowest BCUT2D eigenvalue weighted by Crippen LogP contribution is -2.31. The molecule has 3 rings (SSSR count). The Labute approximate surface area is 112 Å². The summed E-state index contributed by atoms with van der Waals surface area (Å²) in [5.74, 6) is 1.89. The van der Waals surface area contributed by atoms with Gasteiger partial charge in [-0.2, -0.15) is 0 Å². The normalized spacial score (nSPS) is 21.5. The second kappa shape index (κ2) is 4.96. The molecule has 0 saturated heterocycles. The quantitative estimate of drug-likeness (QED) is 0.754. The van der Waals surface area contributed by atoms with Gasteiger partial charge in [0.15, 0.2) is 0 Å². The van der Waals surface area contributed by atoms with Crippen LogP contribution in [0.3, 0.4) is 0 Å². The van der Waals surface area contributed by atoms with Gasteiger partial charge in [-0.3, -0.25) is 4.79 Å². The van der Waals surface area contributed by atoms with Crippen LogP contribution < -0.4 is 10.9 Å². The number of nitrogens with one attached hydrogen (secondary N) is 2. The van der Waals surface area contributed by atoms with Gasteiger partial charge in [0.25, 0.3) is 5.56 Å². The number of hydrogen-bond acceptors (Lipinski definition) is 4. The minimum Gasteiger partial charge on any atom is -0.396 e. The van der Waals surface area contributed by atoms with Crippen molar-refractivity contribution in [1.82, 2.24) is 9.97 Å². The Morgan fingerprint density at radius 2 is 2.16 bits per heavy atom. The van der Waals surface area contributed by atoms with Crippen LogP contribution in [0.25, 0.3) is 0 Å². The zero-order chi connectivity index (χ0) is 13.3. The summed E-state index contributed by atoms with van der Waals surface area (Å²) in [7, 11) is 0. The lowest BCUT2D eigenvalue weighted by molar-refractivity contribution is 0.142. The van der Waals surface area contributed by atoms with E-state index < -0.39 is 0 Å². The number of aliphatic hydroxyl groups is 1. The Hall–Kier alpha value is -1.36. The van der Waals surface area contributed by atoms with Crippen molar-refractivity contribution in [3.05, 3.63) is 22.2 Å². The van der Waals surface area contributed by atoms with Crippen molar-refractivity contribution in [3.8, 4) is 0 Å². The summed E-state index contributed by atoms with van der Waals surface area (Å²) in [5.41, 5.74) is -0.117. The molecule has 0 atom stereocenters. The lowest BCUT2D eigenvalue weighted by Gasteiger charge is -2.26. The van der Waals surface area contributed by atoms with E-state index in [1.165, 1.54) is 18.9 Å². The van der Waals surface area contributed by atoms with E-state index in [0.717, 1.165) is 31.5 Å². The van der Waals surface area contributed by atoms with Crippen LogP contribution in [-0.2, 0) is 0 Å². The summed E-state index contributed by atoms with van der Waals surface area (Å²) in [5, 5.41) is 12.8. The average Bonchev–Trinajstić information content (AvgIpc) is 3.16. The molecule has 2 aliphatic carbocycles. The molecule has 0 radical (unpaired) electrons. The van der Waals surface area contributed by atoms with Crippen LogP contribution in [0.15, 0.2) is 10.9 Å². The van der Waals surface area contributed by atoms with E-state index in [1.54, 1.807) is 0 Å². The molecule has 1 aromatic rings. The lowest BCUT2D eigenvalue weighted by atomic mass is 9.87. The van der Waals surface area contributed by atoms with Crippen LogP contribution in [-0.4, -0.2) is 28.2 Å². The summed E-state index contributed by atoms with van der Waals surface area (Å²) < 4.78 is 0. The minimum absolute atomic E-state index is 0.0238. The molecule has 0 spiro atoms. The molecule has 1 aromatic heterocycles. The third-order valence-corrected chi connectivity index (χ3v) is 4.37. The molecule has 2 aliphatic rings. The molecule has 19 heavy (non-hydrogen) atoms. The molecular formula is C14H21N3O2. The number of anilines is 1. The predicted molar refractivity (Wildman–Crippen MR) is 73.3 cm³/mol. The van der Waals surface area contributed by atoms with Gasteiger partial charge in [-0.15, -0.1) is 0 Å². The number of aliphatic hydroxyl groups excluding tert-OH is 1. The van der Waals surface area contributed by atoms with Gasteiger partial charge in [0, 0.05) is 23.9 Å². The molecule has 0 aliphatic heterocycles. The van der Waals surface area contributed by atoms with E-state index in [4.69, 9.17) is 0 Å². The number of aromatic amines is 1. The Morgan fingerprint density at radius 1 is 1.42 bits per heavy atom. The van der Waals surface area contributed by atoms with Crippen molar-refractivity contribution in [2.45, 2.75) is 44.4 Å². The Bertz CT molecular complexity index is 502. The van der Waals surface area contributed by atoms with Crippen molar-refractivity contribution in [3.63, 3.8) is 0 Å². The van der Waals surface area contributed by atoms with E-state index in [9.17, 15) is 9.90 Å². The molecule has 0 amide bonds. The first kappa shape index (κ1) is 12.7. The Balaban J connectivity index is 1.70. The van der Waals surface area contributed by atoms with Crippen LogP contribution in [0, 0.1) is 5.41 Å². The van der Waals surface area contributed by atoms with E-state index in [0.29, 0.717) is 18.3 Å². The number of rotatable bonds is 5. The topological polar surface area (TPSA) is 78.0 Å². The zero-order valence-corrected chi connectivity index (χ0v) is 11.1. The number of hydrogen-bond donors (Lipinski definition) is 3. The first-order chi connectivity index (χ1) is 9.21. The highest BCUT2D eigenvalue weighted by Crippen LogP contribution is 2.39. The Kier molecular flexibility index (Phi) is 3.31. The van der Waals surface area contributed by atoms with Gasteiger partial charge in [0.1, 0.15) is 11.6 Å². The standard InChI is InChI=1S/C14H21N3O2/c18-9-14(5-1-2-6-14)8-15-11-7-12(19)17-13(16-11)10-3-4-10/h7,10,18H,1-6,8-9H2,(H2,15,16,17,19). The first-order valence-corrected chi connectivity index (χ1v) is 7.17. The fourth-order valence-corrected chi connectivity index (χ4v) is 2.91. The molecule has 5 heteroatoms. The van der Waals surface area contributed by atoms with Crippen LogP contribution >= 0.6 is 0 Å². The molecular weight excluding hydrogens is 242 g/mol. The maximum absolute atomic E-state index is 11.6. The van der Waals surface area contributed by atoms with Gasteiger partial charge < -0.3 is 15.4 Å². The first-order valence-electron chi connectivity index (χ1n) is 7.17. The van der Waals surface area contributed by atoms with Gasteiger partial charge >= 0.3 is 0 Å². The fourth-order valence-electron chi connectivity index (χ4n) is 2.91. The summed E-state index contributed by atoms with van der Waals surface area (Å²) in [4.78, 5) is 18.9. The van der Waals surface area contributed by atoms with E-state index in [2.05, 4.69) is 15.3 Å². The van der Waals surface area contributed by atoms with Crippen molar-refractivity contribution in [1.29, 1.82) is 0 Å². The monoisotopic (exact) mass is 263 g/mol. The summed E-state index contributed by atoms with van der Waals surface area (Å²) in [6.45, 7) is 0.905. The smallest absolute Gasteiger partial charge is 0.252 e. The third-order valence-electron chi connectivity index (χ3n) is 4.37. The molecule has 0 unspecified atom stereocenters. The minimum atomic E-state index is -0.0936. The summed E-state index contributed by atoms with van der Waals surface area (Å²) in [6, 6.07) is 1.51. The molecule has 1 heterocycles. The van der Waals surface area contributed by atoms with Gasteiger partial charge in [-0.1, -0.05) is 12.8 Å². The third kappa shape index (κ3) is 2.81. The SMILES string of the molecule is O=c1cc(NCC2(CO)CCCC2)nc(C2CC2)[nH]1. The maximum atomic E-state index is 11.6. The molecule has 0 bridgehead atoms. The highest BCUT2D eigenvalue weighted by atomic mass is 16.3. The number of aromatic nitrogens is 2. The zero-order valence-electron chi connectivity index (χ0n) is 11.1. The van der Waals surface area contributed by atoms with Crippen LogP contribution in [0.2, 0.25) is 0 Å². The molecule has 5 nitrogen and oxygen atoms in total. The Morgan fingerprint density at radius 3 is 2.79 bits per heavy atom. The second-order valence-electron chi connectivity index (χ2n) is 6.01. The number of nitrogens with zero attached hydrogens (tertiary/aromatic N) is 1. The van der Waals surface area contributed by atoms with Gasteiger partial charge in [0.05, 0.1) is 6.61 Å². The van der Waals surface area contributed by atoms with E-state index in [1.807, 2.05) is 0 Å². The van der Waals surface area contributed by atoms with Gasteiger partial charge in [-0.25, -0.2) is 4.98 Å². The van der Waals surface area contributed by atoms with Crippen molar-refractivity contribution in [2.24, 2.45) is 5.41 Å². The molecule has 3 N–H and O–H groups in total. The maximum Gasteiger partial charge on any atom is 0.252 e. The largest absolute Gasteiger partial charge is 0.396 e. The van der Waals surface area contributed by atoms with Crippen LogP contribution in [0.4, 0.5) is 5.82 Å². The number of H-pyrrole nitrogens is 1. The summed E-state index contributed by atoms with van der Waals surface area (Å²) in [6.07, 6.45) is 6.70. The highest BCUT2D eigenvalue weighted by molar-refractivity contribution is 5.34. The van der Waals surface area contributed by atoms with Gasteiger partial charge in [0.2, 0.25) is 0 Å². The molecule has 2 fully saturated rings. The predicted octanol–water partition coefficient (Wildman–Crippen LogP) is 1.61. The summed E-state index contributed by atoms with van der Waals surface area (Å²) >= 11 is 0. The van der Waals surface area contributed by atoms with Crippen LogP contribution in [0.1, 0.15) is 50.3 Å². The van der Waals surface area contributed by atoms with Gasteiger partial charge in [-0.05, 0) is 25.7 Å². The molecule has 104 valence electrons. The second-order valence-corrected chi connectivity index (χ2v) is 6.01. The fraction of sp³-hybridized carbons (Fsp3) is 0.714. The van der Waals surface area contributed by atoms with Crippen molar-refractivity contribution in [2.75, 3.05) is 18.5 Å². The molecule has 0 aromatic carbocycles.